The molecule has 0 radical (unpaired) electrons. The fourth-order valence-corrected chi connectivity index (χ4v) is 1.81. The zero-order valence-electron chi connectivity index (χ0n) is 9.81. The molecule has 0 aromatic carbocycles. The van der Waals surface area contributed by atoms with Gasteiger partial charge in [0.05, 0.1) is 7.11 Å². The minimum atomic E-state index is -0.447. The van der Waals surface area contributed by atoms with Crippen LogP contribution in [0.2, 0.25) is 0 Å². The fraction of sp³-hybridized carbons (Fsp3) is 0.500. The number of piperidine rings is 1. The van der Waals surface area contributed by atoms with Crippen molar-refractivity contribution in [2.75, 3.05) is 20.2 Å². The van der Waals surface area contributed by atoms with Crippen molar-refractivity contribution in [2.24, 2.45) is 0 Å². The van der Waals surface area contributed by atoms with Crippen LogP contribution in [0.5, 0.6) is 5.75 Å². The first-order valence-electron chi connectivity index (χ1n) is 5.71. The molecule has 1 aliphatic heterocycles. The smallest absolute Gasteiger partial charge is 0.356 e. The number of nitrogens with one attached hydrogen (secondary N) is 1. The third kappa shape index (κ3) is 3.17. The van der Waals surface area contributed by atoms with Crippen molar-refractivity contribution in [3.8, 4) is 5.75 Å². The zero-order chi connectivity index (χ0) is 12.1. The van der Waals surface area contributed by atoms with Gasteiger partial charge in [-0.3, -0.25) is 0 Å². The lowest BCUT2D eigenvalue weighted by Gasteiger charge is -2.23. The summed E-state index contributed by atoms with van der Waals surface area (Å²) in [5, 5.41) is 3.27. The van der Waals surface area contributed by atoms with Gasteiger partial charge in [0.2, 0.25) is 0 Å². The van der Waals surface area contributed by atoms with E-state index in [4.69, 9.17) is 4.74 Å². The Bertz CT molecular complexity index is 389. The average Bonchev–Trinajstić information content (AvgIpc) is 2.39. The number of aromatic nitrogens is 1. The Morgan fingerprint density at radius 2 is 2.47 bits per heavy atom. The van der Waals surface area contributed by atoms with Gasteiger partial charge in [0.15, 0.2) is 5.69 Å². The number of carbonyl (C=O) groups excluding carboxylic acids is 1. The Morgan fingerprint density at radius 1 is 1.59 bits per heavy atom. The molecule has 0 unspecified atom stereocenters. The molecule has 1 fully saturated rings. The molecule has 1 aliphatic rings. The van der Waals surface area contributed by atoms with Gasteiger partial charge < -0.3 is 14.8 Å². The molecule has 0 aliphatic carbocycles. The van der Waals surface area contributed by atoms with E-state index in [2.05, 4.69) is 15.0 Å². The Kier molecular flexibility index (Phi) is 3.93. The highest BCUT2D eigenvalue weighted by Gasteiger charge is 2.15. The van der Waals surface area contributed by atoms with Gasteiger partial charge in [-0.25, -0.2) is 9.78 Å². The third-order valence-electron chi connectivity index (χ3n) is 2.68. The second-order valence-electron chi connectivity index (χ2n) is 3.95. The van der Waals surface area contributed by atoms with Gasteiger partial charge in [-0.2, -0.15) is 0 Å². The molecule has 2 rings (SSSR count). The van der Waals surface area contributed by atoms with E-state index in [1.807, 2.05) is 0 Å². The molecule has 1 saturated heterocycles. The Balaban J connectivity index is 2.02. The van der Waals surface area contributed by atoms with Gasteiger partial charge in [0, 0.05) is 18.8 Å². The Labute approximate surface area is 100 Å². The summed E-state index contributed by atoms with van der Waals surface area (Å²) in [5.74, 6) is 0.214. The van der Waals surface area contributed by atoms with E-state index in [0.717, 1.165) is 25.9 Å². The molecule has 92 valence electrons. The van der Waals surface area contributed by atoms with Crippen LogP contribution in [0.1, 0.15) is 23.3 Å². The molecule has 0 amide bonds. The Morgan fingerprint density at radius 3 is 3.18 bits per heavy atom. The number of nitrogens with zero attached hydrogens (tertiary/aromatic N) is 1. The minimum Gasteiger partial charge on any atom is -0.489 e. The number of methoxy groups -OCH3 is 1. The minimum absolute atomic E-state index is 0.164. The molecule has 0 bridgehead atoms. The van der Waals surface area contributed by atoms with Crippen molar-refractivity contribution < 1.29 is 14.3 Å². The number of hydrogen-bond donors (Lipinski definition) is 1. The molecule has 0 spiro atoms. The van der Waals surface area contributed by atoms with Crippen LogP contribution in [0.4, 0.5) is 0 Å². The van der Waals surface area contributed by atoms with Crippen molar-refractivity contribution in [1.29, 1.82) is 0 Å². The molecule has 1 aromatic rings. The van der Waals surface area contributed by atoms with Crippen molar-refractivity contribution in [3.05, 3.63) is 24.0 Å². The number of esters is 1. The molecule has 5 nitrogen and oxygen atoms in total. The molecular formula is C12H16N2O3. The normalized spacial score (nSPS) is 19.7. The van der Waals surface area contributed by atoms with Crippen LogP contribution in [0.15, 0.2) is 18.3 Å². The summed E-state index contributed by atoms with van der Waals surface area (Å²) in [5.41, 5.74) is 0.272. The first-order chi connectivity index (χ1) is 8.29. The van der Waals surface area contributed by atoms with E-state index in [-0.39, 0.29) is 11.8 Å². The number of rotatable bonds is 3. The highest BCUT2D eigenvalue weighted by Crippen LogP contribution is 2.16. The van der Waals surface area contributed by atoms with Crippen molar-refractivity contribution in [2.45, 2.75) is 18.9 Å². The van der Waals surface area contributed by atoms with E-state index in [9.17, 15) is 4.79 Å². The first-order valence-corrected chi connectivity index (χ1v) is 5.71. The summed E-state index contributed by atoms with van der Waals surface area (Å²) in [6, 6.07) is 3.36. The molecule has 17 heavy (non-hydrogen) atoms. The third-order valence-corrected chi connectivity index (χ3v) is 2.68. The summed E-state index contributed by atoms with van der Waals surface area (Å²) in [6.07, 6.45) is 3.86. The van der Waals surface area contributed by atoms with Gasteiger partial charge in [-0.05, 0) is 25.5 Å². The number of ether oxygens (including phenoxy) is 2. The van der Waals surface area contributed by atoms with Crippen molar-refractivity contribution in [3.63, 3.8) is 0 Å². The van der Waals surface area contributed by atoms with E-state index in [1.54, 1.807) is 18.3 Å². The molecule has 1 aromatic heterocycles. The highest BCUT2D eigenvalue weighted by atomic mass is 16.5. The fourth-order valence-electron chi connectivity index (χ4n) is 1.81. The van der Waals surface area contributed by atoms with Gasteiger partial charge in [-0.1, -0.05) is 0 Å². The lowest BCUT2D eigenvalue weighted by molar-refractivity contribution is 0.0593. The van der Waals surface area contributed by atoms with Crippen LogP contribution >= 0.6 is 0 Å². The van der Waals surface area contributed by atoms with E-state index in [1.165, 1.54) is 7.11 Å². The second-order valence-corrected chi connectivity index (χ2v) is 3.95. The van der Waals surface area contributed by atoms with E-state index in [0.29, 0.717) is 5.75 Å². The predicted molar refractivity (Wildman–Crippen MR) is 62.1 cm³/mol. The maximum atomic E-state index is 11.3. The SMILES string of the molecule is COC(=O)c1cc(O[C@H]2CCCNC2)ccn1. The summed E-state index contributed by atoms with van der Waals surface area (Å²) in [4.78, 5) is 15.2. The largest absolute Gasteiger partial charge is 0.489 e. The second kappa shape index (κ2) is 5.63. The monoisotopic (exact) mass is 236 g/mol. The summed E-state index contributed by atoms with van der Waals surface area (Å²) >= 11 is 0. The molecule has 0 saturated carbocycles. The number of carbonyl (C=O) groups is 1. The van der Waals surface area contributed by atoms with E-state index >= 15 is 0 Å². The van der Waals surface area contributed by atoms with Crippen molar-refractivity contribution >= 4 is 5.97 Å². The van der Waals surface area contributed by atoms with Crippen LogP contribution < -0.4 is 10.1 Å². The van der Waals surface area contributed by atoms with Gasteiger partial charge >= 0.3 is 5.97 Å². The lowest BCUT2D eigenvalue weighted by Crippen LogP contribution is -2.37. The molecule has 1 N–H and O–H groups in total. The average molecular weight is 236 g/mol. The van der Waals surface area contributed by atoms with Crippen LogP contribution in [0, 0.1) is 0 Å². The predicted octanol–water partition coefficient (Wildman–Crippen LogP) is 0.999. The summed E-state index contributed by atoms with van der Waals surface area (Å²) in [6.45, 7) is 1.89. The van der Waals surface area contributed by atoms with Crippen molar-refractivity contribution in [1.82, 2.24) is 10.3 Å². The number of hydrogen-bond acceptors (Lipinski definition) is 5. The molecule has 1 atom stereocenters. The van der Waals surface area contributed by atoms with E-state index < -0.39 is 5.97 Å². The quantitative estimate of drug-likeness (QED) is 0.793. The molecule has 5 heteroatoms. The maximum absolute atomic E-state index is 11.3. The standard InChI is InChI=1S/C12H16N2O3/c1-16-12(15)11-7-9(4-6-14-11)17-10-3-2-5-13-8-10/h4,6-7,10,13H,2-3,5,8H2,1H3/t10-/m0/s1. The summed E-state index contributed by atoms with van der Waals surface area (Å²) < 4.78 is 10.4. The summed E-state index contributed by atoms with van der Waals surface area (Å²) in [7, 11) is 1.34. The zero-order valence-corrected chi connectivity index (χ0v) is 9.81. The van der Waals surface area contributed by atoms with Crippen LogP contribution in [0.25, 0.3) is 0 Å². The number of pyridine rings is 1. The van der Waals surface area contributed by atoms with Crippen LogP contribution in [0.3, 0.4) is 0 Å². The topological polar surface area (TPSA) is 60.5 Å². The van der Waals surface area contributed by atoms with Gasteiger partial charge in [-0.15, -0.1) is 0 Å². The van der Waals surface area contributed by atoms with Crippen LogP contribution in [-0.4, -0.2) is 37.3 Å². The lowest BCUT2D eigenvalue weighted by atomic mass is 10.1. The van der Waals surface area contributed by atoms with Crippen LogP contribution in [-0.2, 0) is 4.74 Å². The molecular weight excluding hydrogens is 220 g/mol. The highest BCUT2D eigenvalue weighted by molar-refractivity contribution is 5.87. The maximum Gasteiger partial charge on any atom is 0.356 e. The molecule has 2 heterocycles. The first kappa shape index (κ1) is 11.9. The van der Waals surface area contributed by atoms with Gasteiger partial charge in [0.1, 0.15) is 11.9 Å². The van der Waals surface area contributed by atoms with Gasteiger partial charge in [0.25, 0.3) is 0 Å². The Hall–Kier alpha value is -1.62.